The Bertz CT molecular complexity index is 201. The topological polar surface area (TPSA) is 20.2 Å². The Morgan fingerprint density at radius 1 is 1.30 bits per heavy atom. The molecule has 1 nitrogen and oxygen atoms in total. The summed E-state index contributed by atoms with van der Waals surface area (Å²) in [7, 11) is 0. The summed E-state index contributed by atoms with van der Waals surface area (Å²) in [6, 6.07) is 0. The van der Waals surface area contributed by atoms with Crippen LogP contribution in [0, 0.1) is 17.8 Å². The standard InChI is InChI=1S/C9H12O/c1-5-3-7-6(2)8(7)4-9(5)10/h3-4,6-8,10H,1-2H3. The number of rotatable bonds is 0. The van der Waals surface area contributed by atoms with Crippen molar-refractivity contribution in [2.24, 2.45) is 17.8 Å². The zero-order valence-corrected chi connectivity index (χ0v) is 6.33. The van der Waals surface area contributed by atoms with Crippen molar-refractivity contribution in [3.05, 3.63) is 23.5 Å². The van der Waals surface area contributed by atoms with E-state index in [1.54, 1.807) is 0 Å². The lowest BCUT2D eigenvalue weighted by atomic mass is 10.1. The minimum atomic E-state index is 0.491. The molecule has 1 fully saturated rings. The van der Waals surface area contributed by atoms with Crippen molar-refractivity contribution in [1.29, 1.82) is 0 Å². The number of aliphatic hydroxyl groups is 1. The van der Waals surface area contributed by atoms with Gasteiger partial charge in [0, 0.05) is 0 Å². The Kier molecular flexibility index (Phi) is 0.997. The first kappa shape index (κ1) is 6.02. The Morgan fingerprint density at radius 2 is 1.90 bits per heavy atom. The van der Waals surface area contributed by atoms with Crippen molar-refractivity contribution in [1.82, 2.24) is 0 Å². The maximum atomic E-state index is 9.29. The molecule has 2 rings (SSSR count). The highest BCUT2D eigenvalue weighted by Crippen LogP contribution is 2.51. The molecule has 3 unspecified atom stereocenters. The van der Waals surface area contributed by atoms with Gasteiger partial charge in [0.05, 0.1) is 0 Å². The summed E-state index contributed by atoms with van der Waals surface area (Å²) in [5, 5.41) is 9.29. The van der Waals surface area contributed by atoms with Crippen LogP contribution in [0.2, 0.25) is 0 Å². The number of hydrogen-bond donors (Lipinski definition) is 1. The summed E-state index contributed by atoms with van der Waals surface area (Å²) in [4.78, 5) is 0. The lowest BCUT2D eigenvalue weighted by Gasteiger charge is -2.03. The second-order valence-electron chi connectivity index (χ2n) is 3.42. The first-order valence-electron chi connectivity index (χ1n) is 3.79. The number of aliphatic hydroxyl groups excluding tert-OH is 1. The van der Waals surface area contributed by atoms with Crippen LogP contribution in [0.25, 0.3) is 0 Å². The van der Waals surface area contributed by atoms with Gasteiger partial charge in [0.15, 0.2) is 0 Å². The van der Waals surface area contributed by atoms with E-state index in [0.29, 0.717) is 11.7 Å². The smallest absolute Gasteiger partial charge is 0.114 e. The molecule has 0 bridgehead atoms. The van der Waals surface area contributed by atoms with E-state index in [9.17, 15) is 5.11 Å². The van der Waals surface area contributed by atoms with Gasteiger partial charge in [-0.3, -0.25) is 0 Å². The molecular formula is C9H12O. The van der Waals surface area contributed by atoms with E-state index in [1.807, 2.05) is 13.0 Å². The monoisotopic (exact) mass is 136 g/mol. The summed E-state index contributed by atoms with van der Waals surface area (Å²) in [6.07, 6.45) is 4.18. The van der Waals surface area contributed by atoms with Crippen molar-refractivity contribution in [2.45, 2.75) is 13.8 Å². The Morgan fingerprint density at radius 3 is 2.50 bits per heavy atom. The van der Waals surface area contributed by atoms with Crippen LogP contribution in [-0.4, -0.2) is 5.11 Å². The molecule has 1 heteroatoms. The fourth-order valence-corrected chi connectivity index (χ4v) is 1.74. The van der Waals surface area contributed by atoms with Crippen molar-refractivity contribution >= 4 is 0 Å². The van der Waals surface area contributed by atoms with Gasteiger partial charge in [-0.1, -0.05) is 13.0 Å². The molecule has 0 spiro atoms. The molecule has 0 aromatic carbocycles. The normalized spacial score (nSPS) is 43.6. The van der Waals surface area contributed by atoms with E-state index < -0.39 is 0 Å². The van der Waals surface area contributed by atoms with Gasteiger partial charge >= 0.3 is 0 Å². The first-order chi connectivity index (χ1) is 4.70. The Balaban J connectivity index is 2.29. The van der Waals surface area contributed by atoms with Crippen LogP contribution in [0.3, 0.4) is 0 Å². The lowest BCUT2D eigenvalue weighted by molar-refractivity contribution is 0.416. The highest BCUT2D eigenvalue weighted by molar-refractivity contribution is 5.34. The maximum absolute atomic E-state index is 9.29. The highest BCUT2D eigenvalue weighted by atomic mass is 16.3. The highest BCUT2D eigenvalue weighted by Gasteiger charge is 2.45. The van der Waals surface area contributed by atoms with E-state index in [0.717, 1.165) is 17.4 Å². The number of fused-ring (bicyclic) bond motifs is 1. The molecule has 10 heavy (non-hydrogen) atoms. The molecule has 0 aromatic rings. The summed E-state index contributed by atoms with van der Waals surface area (Å²) in [6.45, 7) is 4.20. The van der Waals surface area contributed by atoms with Gasteiger partial charge in [0.25, 0.3) is 0 Å². The SMILES string of the molecule is CC1=CC2C(C)C2C=C1O. The molecule has 0 aliphatic heterocycles. The van der Waals surface area contributed by atoms with E-state index in [4.69, 9.17) is 0 Å². The third kappa shape index (κ3) is 0.634. The molecule has 3 atom stereocenters. The van der Waals surface area contributed by atoms with E-state index in [-0.39, 0.29) is 0 Å². The van der Waals surface area contributed by atoms with E-state index >= 15 is 0 Å². The van der Waals surface area contributed by atoms with Gasteiger partial charge in [0.1, 0.15) is 5.76 Å². The third-order valence-corrected chi connectivity index (χ3v) is 2.71. The molecule has 2 aliphatic carbocycles. The fourth-order valence-electron chi connectivity index (χ4n) is 1.74. The van der Waals surface area contributed by atoms with Crippen molar-refractivity contribution < 1.29 is 5.11 Å². The van der Waals surface area contributed by atoms with Crippen LogP contribution in [0.4, 0.5) is 0 Å². The van der Waals surface area contributed by atoms with Crippen LogP contribution in [0.15, 0.2) is 23.5 Å². The van der Waals surface area contributed by atoms with Gasteiger partial charge in [-0.25, -0.2) is 0 Å². The second-order valence-corrected chi connectivity index (χ2v) is 3.42. The molecule has 54 valence electrons. The van der Waals surface area contributed by atoms with Crippen LogP contribution in [-0.2, 0) is 0 Å². The fraction of sp³-hybridized carbons (Fsp3) is 0.556. The predicted octanol–water partition coefficient (Wildman–Crippen LogP) is 2.27. The molecule has 0 radical (unpaired) electrons. The van der Waals surface area contributed by atoms with Crippen molar-refractivity contribution in [2.75, 3.05) is 0 Å². The molecule has 0 amide bonds. The Hall–Kier alpha value is -0.720. The zero-order valence-electron chi connectivity index (χ0n) is 6.33. The van der Waals surface area contributed by atoms with Crippen molar-refractivity contribution in [3.63, 3.8) is 0 Å². The molecule has 2 aliphatic rings. The van der Waals surface area contributed by atoms with Gasteiger partial charge < -0.3 is 5.11 Å². The predicted molar refractivity (Wildman–Crippen MR) is 40.6 cm³/mol. The zero-order chi connectivity index (χ0) is 7.30. The molecule has 1 N–H and O–H groups in total. The summed E-state index contributed by atoms with van der Waals surface area (Å²) in [5.41, 5.74) is 1.05. The maximum Gasteiger partial charge on any atom is 0.114 e. The second kappa shape index (κ2) is 1.66. The van der Waals surface area contributed by atoms with Gasteiger partial charge in [-0.2, -0.15) is 0 Å². The van der Waals surface area contributed by atoms with Crippen LogP contribution in [0.5, 0.6) is 0 Å². The van der Waals surface area contributed by atoms with Gasteiger partial charge in [-0.15, -0.1) is 0 Å². The van der Waals surface area contributed by atoms with Crippen LogP contribution >= 0.6 is 0 Å². The summed E-state index contributed by atoms with van der Waals surface area (Å²) < 4.78 is 0. The molecule has 1 saturated carbocycles. The number of allylic oxidation sites excluding steroid dienone is 3. The number of hydrogen-bond acceptors (Lipinski definition) is 1. The van der Waals surface area contributed by atoms with Gasteiger partial charge in [-0.05, 0) is 36.3 Å². The molecular weight excluding hydrogens is 124 g/mol. The first-order valence-corrected chi connectivity index (χ1v) is 3.79. The molecule has 0 heterocycles. The van der Waals surface area contributed by atoms with Crippen LogP contribution < -0.4 is 0 Å². The third-order valence-electron chi connectivity index (χ3n) is 2.71. The van der Waals surface area contributed by atoms with Crippen LogP contribution in [0.1, 0.15) is 13.8 Å². The molecule has 0 aromatic heterocycles. The minimum Gasteiger partial charge on any atom is -0.508 e. The van der Waals surface area contributed by atoms with Gasteiger partial charge in [0.2, 0.25) is 0 Å². The minimum absolute atomic E-state index is 0.491. The largest absolute Gasteiger partial charge is 0.508 e. The quantitative estimate of drug-likeness (QED) is 0.541. The average Bonchev–Trinajstić information content (AvgIpc) is 2.46. The van der Waals surface area contributed by atoms with Crippen molar-refractivity contribution in [3.8, 4) is 0 Å². The Labute approximate surface area is 61.1 Å². The van der Waals surface area contributed by atoms with E-state index in [1.165, 1.54) is 0 Å². The lowest BCUT2D eigenvalue weighted by Crippen LogP contribution is -1.91. The average molecular weight is 136 g/mol. The summed E-state index contributed by atoms with van der Waals surface area (Å²) >= 11 is 0. The molecule has 0 saturated heterocycles. The van der Waals surface area contributed by atoms with E-state index in [2.05, 4.69) is 13.0 Å². The summed E-state index contributed by atoms with van der Waals surface area (Å²) in [5.74, 6) is 2.63.